The maximum absolute atomic E-state index is 12.1. The highest BCUT2D eigenvalue weighted by atomic mass is 19.4. The summed E-state index contributed by atoms with van der Waals surface area (Å²) in [6.45, 7) is 4.92. The van der Waals surface area contributed by atoms with Crippen LogP contribution in [-0.4, -0.2) is 30.1 Å². The number of hydrogen-bond donors (Lipinski definition) is 1. The van der Waals surface area contributed by atoms with Crippen molar-refractivity contribution >= 4 is 0 Å². The molecule has 0 saturated heterocycles. The molecule has 1 N–H and O–H groups in total. The van der Waals surface area contributed by atoms with Crippen LogP contribution in [0.4, 0.5) is 13.2 Å². The van der Waals surface area contributed by atoms with Gasteiger partial charge in [-0.15, -0.1) is 0 Å². The van der Waals surface area contributed by atoms with E-state index in [1.807, 2.05) is 0 Å². The molecule has 0 amide bonds. The minimum Gasteiger partial charge on any atom is -0.390 e. The molecule has 0 aromatic heterocycles. The Bertz CT molecular complexity index is 245. The summed E-state index contributed by atoms with van der Waals surface area (Å²) < 4.78 is 41.0. The molecule has 0 aromatic carbocycles. The Hall–Kier alpha value is -0.290. The quantitative estimate of drug-likeness (QED) is 0.820. The minimum absolute atomic E-state index is 0.0416. The van der Waals surface area contributed by atoms with Crippen LogP contribution >= 0.6 is 0 Å². The van der Waals surface area contributed by atoms with E-state index in [2.05, 4.69) is 20.8 Å². The second-order valence-electron chi connectivity index (χ2n) is 5.91. The Labute approximate surface area is 100 Å². The van der Waals surface area contributed by atoms with Gasteiger partial charge in [-0.2, -0.15) is 13.2 Å². The zero-order valence-electron chi connectivity index (χ0n) is 10.5. The summed E-state index contributed by atoms with van der Waals surface area (Å²) in [6.07, 6.45) is -3.92. The van der Waals surface area contributed by atoms with Gasteiger partial charge in [-0.25, -0.2) is 0 Å². The van der Waals surface area contributed by atoms with Crippen LogP contribution in [0.1, 0.15) is 40.0 Å². The van der Waals surface area contributed by atoms with Crippen molar-refractivity contribution in [3.05, 3.63) is 0 Å². The molecule has 0 aromatic rings. The standard InChI is InChI=1S/C12H21F3O2/c1-11(2,3)8-4-5-9(16)10(6-8)17-7-12(13,14)15/h8-10,16H,4-7H2,1-3H3. The minimum atomic E-state index is -4.33. The molecule has 0 radical (unpaired) electrons. The van der Waals surface area contributed by atoms with E-state index < -0.39 is 25.0 Å². The Morgan fingerprint density at radius 1 is 1.18 bits per heavy atom. The van der Waals surface area contributed by atoms with E-state index in [4.69, 9.17) is 4.74 Å². The van der Waals surface area contributed by atoms with Crippen LogP contribution in [0.5, 0.6) is 0 Å². The van der Waals surface area contributed by atoms with Crippen molar-refractivity contribution in [1.82, 2.24) is 0 Å². The lowest BCUT2D eigenvalue weighted by molar-refractivity contribution is -0.202. The van der Waals surface area contributed by atoms with Gasteiger partial charge in [0.25, 0.3) is 0 Å². The third-order valence-electron chi connectivity index (χ3n) is 3.44. The van der Waals surface area contributed by atoms with Gasteiger partial charge in [-0.05, 0) is 30.6 Å². The van der Waals surface area contributed by atoms with Gasteiger partial charge >= 0.3 is 6.18 Å². The van der Waals surface area contributed by atoms with E-state index in [9.17, 15) is 18.3 Å². The summed E-state index contributed by atoms with van der Waals surface area (Å²) in [6, 6.07) is 0. The fourth-order valence-corrected chi connectivity index (χ4v) is 2.28. The topological polar surface area (TPSA) is 29.5 Å². The molecule has 17 heavy (non-hydrogen) atoms. The molecule has 1 rings (SSSR count). The molecule has 0 aliphatic heterocycles. The molecule has 3 unspecified atom stereocenters. The van der Waals surface area contributed by atoms with Crippen molar-refractivity contribution in [3.8, 4) is 0 Å². The van der Waals surface area contributed by atoms with Crippen molar-refractivity contribution in [3.63, 3.8) is 0 Å². The average Bonchev–Trinajstić information content (AvgIpc) is 2.13. The number of alkyl halides is 3. The van der Waals surface area contributed by atoms with Crippen LogP contribution in [0.15, 0.2) is 0 Å². The number of rotatable bonds is 2. The first-order chi connectivity index (χ1) is 7.59. The first-order valence-corrected chi connectivity index (χ1v) is 5.96. The van der Waals surface area contributed by atoms with Gasteiger partial charge in [0.15, 0.2) is 0 Å². The van der Waals surface area contributed by atoms with Gasteiger partial charge < -0.3 is 9.84 Å². The van der Waals surface area contributed by atoms with Gasteiger partial charge in [0.1, 0.15) is 6.61 Å². The maximum atomic E-state index is 12.1. The zero-order chi connectivity index (χ0) is 13.3. The number of aliphatic hydroxyl groups is 1. The number of halogens is 3. The Kier molecular flexibility index (Phi) is 4.47. The van der Waals surface area contributed by atoms with Crippen LogP contribution in [0.3, 0.4) is 0 Å². The van der Waals surface area contributed by atoms with Gasteiger partial charge in [0.05, 0.1) is 12.2 Å². The summed E-state index contributed by atoms with van der Waals surface area (Å²) in [4.78, 5) is 0. The maximum Gasteiger partial charge on any atom is 0.411 e. The predicted octanol–water partition coefficient (Wildman–Crippen LogP) is 3.14. The number of ether oxygens (including phenoxy) is 1. The Balaban J connectivity index is 2.52. The van der Waals surface area contributed by atoms with E-state index >= 15 is 0 Å². The molecule has 102 valence electrons. The highest BCUT2D eigenvalue weighted by Crippen LogP contribution is 2.39. The fraction of sp³-hybridized carbons (Fsp3) is 1.00. The lowest BCUT2D eigenvalue weighted by atomic mass is 9.71. The monoisotopic (exact) mass is 254 g/mol. The van der Waals surface area contributed by atoms with Crippen molar-refractivity contribution < 1.29 is 23.0 Å². The molecule has 1 fully saturated rings. The van der Waals surface area contributed by atoms with Gasteiger partial charge in [0.2, 0.25) is 0 Å². The number of aliphatic hydroxyl groups excluding tert-OH is 1. The number of hydrogen-bond acceptors (Lipinski definition) is 2. The third-order valence-corrected chi connectivity index (χ3v) is 3.44. The summed E-state index contributed by atoms with van der Waals surface area (Å²) in [7, 11) is 0. The van der Waals surface area contributed by atoms with Crippen LogP contribution in [-0.2, 0) is 4.74 Å². The largest absolute Gasteiger partial charge is 0.411 e. The summed E-state index contributed by atoms with van der Waals surface area (Å²) in [5.41, 5.74) is 0.0416. The summed E-state index contributed by atoms with van der Waals surface area (Å²) >= 11 is 0. The highest BCUT2D eigenvalue weighted by Gasteiger charge is 2.38. The lowest BCUT2D eigenvalue weighted by Crippen LogP contribution is -2.41. The molecule has 1 aliphatic rings. The molecule has 3 atom stereocenters. The molecule has 1 saturated carbocycles. The molecule has 2 nitrogen and oxygen atoms in total. The van der Waals surface area contributed by atoms with E-state index in [1.165, 1.54) is 0 Å². The fourth-order valence-electron chi connectivity index (χ4n) is 2.28. The second-order valence-corrected chi connectivity index (χ2v) is 5.91. The first kappa shape index (κ1) is 14.8. The SMILES string of the molecule is CC(C)(C)C1CCC(O)C(OCC(F)(F)F)C1. The molecule has 0 bridgehead atoms. The van der Waals surface area contributed by atoms with Crippen LogP contribution in [0.25, 0.3) is 0 Å². The first-order valence-electron chi connectivity index (χ1n) is 5.96. The second kappa shape index (κ2) is 5.14. The van der Waals surface area contributed by atoms with E-state index in [-0.39, 0.29) is 5.41 Å². The van der Waals surface area contributed by atoms with E-state index in [0.29, 0.717) is 18.8 Å². The zero-order valence-corrected chi connectivity index (χ0v) is 10.5. The molecular weight excluding hydrogens is 233 g/mol. The summed E-state index contributed by atoms with van der Waals surface area (Å²) in [5, 5.41) is 9.66. The smallest absolute Gasteiger partial charge is 0.390 e. The highest BCUT2D eigenvalue weighted by molar-refractivity contribution is 4.86. The van der Waals surface area contributed by atoms with Crippen LogP contribution < -0.4 is 0 Å². The van der Waals surface area contributed by atoms with E-state index in [0.717, 1.165) is 6.42 Å². The van der Waals surface area contributed by atoms with Crippen molar-refractivity contribution in [2.45, 2.75) is 58.4 Å². The van der Waals surface area contributed by atoms with Crippen LogP contribution in [0.2, 0.25) is 0 Å². The third kappa shape index (κ3) is 4.84. The predicted molar refractivity (Wildman–Crippen MR) is 58.6 cm³/mol. The Morgan fingerprint density at radius 3 is 2.24 bits per heavy atom. The van der Waals surface area contributed by atoms with Crippen LogP contribution in [0, 0.1) is 11.3 Å². The van der Waals surface area contributed by atoms with Crippen molar-refractivity contribution in [2.75, 3.05) is 6.61 Å². The van der Waals surface area contributed by atoms with E-state index in [1.54, 1.807) is 0 Å². The van der Waals surface area contributed by atoms with Gasteiger partial charge in [-0.3, -0.25) is 0 Å². The van der Waals surface area contributed by atoms with Crippen molar-refractivity contribution in [2.24, 2.45) is 11.3 Å². The van der Waals surface area contributed by atoms with Gasteiger partial charge in [-0.1, -0.05) is 20.8 Å². The molecule has 5 heteroatoms. The molecule has 0 spiro atoms. The normalized spacial score (nSPS) is 31.6. The summed E-state index contributed by atoms with van der Waals surface area (Å²) in [5.74, 6) is 0.295. The average molecular weight is 254 g/mol. The lowest BCUT2D eigenvalue weighted by Gasteiger charge is -2.39. The van der Waals surface area contributed by atoms with Crippen molar-refractivity contribution in [1.29, 1.82) is 0 Å². The molecule has 1 aliphatic carbocycles. The Morgan fingerprint density at radius 2 is 1.76 bits per heavy atom. The molecular formula is C12H21F3O2. The van der Waals surface area contributed by atoms with Gasteiger partial charge in [0, 0.05) is 0 Å². The molecule has 0 heterocycles.